The Morgan fingerprint density at radius 3 is 2.64 bits per heavy atom. The quantitative estimate of drug-likeness (QED) is 0.781. The van der Waals surface area contributed by atoms with Gasteiger partial charge in [-0.3, -0.25) is 9.59 Å². The van der Waals surface area contributed by atoms with Gasteiger partial charge in [0.05, 0.1) is 24.1 Å². The number of anilines is 1. The number of hydrazone groups is 1. The molecule has 7 heteroatoms. The summed E-state index contributed by atoms with van der Waals surface area (Å²) in [4.78, 5) is 23.8. The molecule has 28 heavy (non-hydrogen) atoms. The van der Waals surface area contributed by atoms with Crippen molar-refractivity contribution >= 4 is 29.3 Å². The number of primary amides is 1. The van der Waals surface area contributed by atoms with Gasteiger partial charge in [-0.05, 0) is 55.3 Å². The van der Waals surface area contributed by atoms with Crippen LogP contribution in [-0.2, 0) is 9.59 Å². The Morgan fingerprint density at radius 2 is 1.96 bits per heavy atom. The Morgan fingerprint density at radius 1 is 1.18 bits per heavy atom. The van der Waals surface area contributed by atoms with Crippen molar-refractivity contribution in [3.63, 3.8) is 0 Å². The second kappa shape index (κ2) is 7.96. The summed E-state index contributed by atoms with van der Waals surface area (Å²) < 4.78 is 10.6. The Hall–Kier alpha value is -3.61. The number of benzene rings is 2. The number of ether oxygens (including phenoxy) is 2. The fraction of sp³-hybridized carbons (Fsp3) is 0.190. The maximum absolute atomic E-state index is 12.9. The number of amides is 2. The molecule has 0 aromatic heterocycles. The highest BCUT2D eigenvalue weighted by Gasteiger charge is 2.28. The van der Waals surface area contributed by atoms with Crippen LogP contribution in [0, 0.1) is 6.92 Å². The van der Waals surface area contributed by atoms with Gasteiger partial charge in [-0.2, -0.15) is 10.1 Å². The average molecular weight is 379 g/mol. The van der Waals surface area contributed by atoms with E-state index in [1.54, 1.807) is 31.2 Å². The molecule has 144 valence electrons. The fourth-order valence-electron chi connectivity index (χ4n) is 2.83. The molecule has 0 aliphatic carbocycles. The first-order valence-corrected chi connectivity index (χ1v) is 8.66. The minimum Gasteiger partial charge on any atom is -0.493 e. The molecule has 2 N–H and O–H groups in total. The van der Waals surface area contributed by atoms with Crippen molar-refractivity contribution in [2.24, 2.45) is 10.8 Å². The number of aryl methyl sites for hydroxylation is 1. The van der Waals surface area contributed by atoms with Gasteiger partial charge >= 0.3 is 0 Å². The lowest BCUT2D eigenvalue weighted by molar-refractivity contribution is -0.120. The number of nitrogens with two attached hydrogens (primary N) is 1. The number of hydrogen-bond acceptors (Lipinski definition) is 5. The van der Waals surface area contributed by atoms with Crippen molar-refractivity contribution in [2.45, 2.75) is 13.8 Å². The number of hydrogen-bond donors (Lipinski definition) is 1. The van der Waals surface area contributed by atoms with E-state index in [0.29, 0.717) is 22.8 Å². The Kier molecular flexibility index (Phi) is 5.44. The number of nitrogens with zero attached hydrogens (tertiary/aromatic N) is 2. The second-order valence-corrected chi connectivity index (χ2v) is 6.36. The van der Waals surface area contributed by atoms with Crippen LogP contribution in [-0.4, -0.2) is 31.2 Å². The predicted octanol–water partition coefficient (Wildman–Crippen LogP) is 2.67. The van der Waals surface area contributed by atoms with E-state index in [0.717, 1.165) is 16.8 Å². The zero-order valence-corrected chi connectivity index (χ0v) is 15.9. The molecule has 2 amide bonds. The molecule has 3 rings (SSSR count). The van der Waals surface area contributed by atoms with Crippen molar-refractivity contribution in [1.29, 1.82) is 0 Å². The molecule has 0 saturated carbocycles. The molecule has 2 aromatic carbocycles. The van der Waals surface area contributed by atoms with E-state index in [2.05, 4.69) is 5.10 Å². The van der Waals surface area contributed by atoms with Gasteiger partial charge in [-0.15, -0.1) is 0 Å². The summed E-state index contributed by atoms with van der Waals surface area (Å²) in [6.45, 7) is 3.51. The van der Waals surface area contributed by atoms with Gasteiger partial charge in [0, 0.05) is 0 Å². The monoisotopic (exact) mass is 379 g/mol. The molecular weight excluding hydrogens is 358 g/mol. The first-order chi connectivity index (χ1) is 13.4. The first kappa shape index (κ1) is 19.2. The molecule has 1 heterocycles. The lowest BCUT2D eigenvalue weighted by Crippen LogP contribution is -2.21. The maximum Gasteiger partial charge on any atom is 0.280 e. The Bertz CT molecular complexity index is 995. The maximum atomic E-state index is 12.9. The van der Waals surface area contributed by atoms with Crippen LogP contribution in [0.1, 0.15) is 18.1 Å². The van der Waals surface area contributed by atoms with Crippen LogP contribution in [0.2, 0.25) is 0 Å². The lowest BCUT2D eigenvalue weighted by atomic mass is 10.1. The molecular formula is C21H21N3O4. The van der Waals surface area contributed by atoms with E-state index in [4.69, 9.17) is 15.2 Å². The van der Waals surface area contributed by atoms with Gasteiger partial charge in [0.15, 0.2) is 18.1 Å². The fourth-order valence-corrected chi connectivity index (χ4v) is 2.83. The number of methoxy groups -OCH3 is 1. The van der Waals surface area contributed by atoms with Gasteiger partial charge in [-0.25, -0.2) is 0 Å². The SMILES string of the molecule is COc1cc(/C=C2\C(=O)N(c3cccc(C)c3)N=C2C)ccc1OCC(N)=O. The van der Waals surface area contributed by atoms with Crippen LogP contribution in [0.15, 0.2) is 53.1 Å². The van der Waals surface area contributed by atoms with Crippen molar-refractivity contribution in [2.75, 3.05) is 18.7 Å². The van der Waals surface area contributed by atoms with Gasteiger partial charge in [0.1, 0.15) is 0 Å². The highest BCUT2D eigenvalue weighted by atomic mass is 16.5. The van der Waals surface area contributed by atoms with Crippen LogP contribution in [0.4, 0.5) is 5.69 Å². The molecule has 0 bridgehead atoms. The standard InChI is InChI=1S/C21H21N3O4/c1-13-5-4-6-16(9-13)24-21(26)17(14(2)23-24)10-15-7-8-18(19(11-15)27-3)28-12-20(22)25/h4-11H,12H2,1-3H3,(H2,22,25)/b17-10-. The molecule has 0 fully saturated rings. The summed E-state index contributed by atoms with van der Waals surface area (Å²) >= 11 is 0. The van der Waals surface area contributed by atoms with Crippen molar-refractivity contribution in [1.82, 2.24) is 0 Å². The summed E-state index contributed by atoms with van der Waals surface area (Å²) in [5.74, 6) is 0.0585. The van der Waals surface area contributed by atoms with Gasteiger partial charge in [-0.1, -0.05) is 18.2 Å². The third kappa shape index (κ3) is 4.03. The third-order valence-electron chi connectivity index (χ3n) is 4.18. The van der Waals surface area contributed by atoms with E-state index in [-0.39, 0.29) is 12.5 Å². The van der Waals surface area contributed by atoms with Crippen molar-refractivity contribution in [3.05, 3.63) is 59.2 Å². The molecule has 0 radical (unpaired) electrons. The first-order valence-electron chi connectivity index (χ1n) is 8.66. The molecule has 1 aliphatic heterocycles. The Labute approximate surface area is 163 Å². The predicted molar refractivity (Wildman–Crippen MR) is 107 cm³/mol. The van der Waals surface area contributed by atoms with E-state index >= 15 is 0 Å². The van der Waals surface area contributed by atoms with Gasteiger partial charge in [0.2, 0.25) is 0 Å². The molecule has 7 nitrogen and oxygen atoms in total. The van der Waals surface area contributed by atoms with E-state index in [9.17, 15) is 9.59 Å². The van der Waals surface area contributed by atoms with Crippen LogP contribution in [0.25, 0.3) is 6.08 Å². The Balaban J connectivity index is 1.88. The van der Waals surface area contributed by atoms with E-state index in [1.807, 2.05) is 31.2 Å². The molecule has 0 spiro atoms. The average Bonchev–Trinajstić information content (AvgIpc) is 2.95. The van der Waals surface area contributed by atoms with Crippen molar-refractivity contribution < 1.29 is 19.1 Å². The third-order valence-corrected chi connectivity index (χ3v) is 4.18. The van der Waals surface area contributed by atoms with Crippen LogP contribution in [0.5, 0.6) is 11.5 Å². The normalized spacial score (nSPS) is 15.0. The number of carbonyl (C=O) groups excluding carboxylic acids is 2. The van der Waals surface area contributed by atoms with Crippen molar-refractivity contribution in [3.8, 4) is 11.5 Å². The zero-order chi connectivity index (χ0) is 20.3. The summed E-state index contributed by atoms with van der Waals surface area (Å²) in [5.41, 5.74) is 8.73. The van der Waals surface area contributed by atoms with Crippen LogP contribution < -0.4 is 20.2 Å². The zero-order valence-electron chi connectivity index (χ0n) is 15.9. The van der Waals surface area contributed by atoms with Gasteiger partial charge < -0.3 is 15.2 Å². The second-order valence-electron chi connectivity index (χ2n) is 6.36. The highest BCUT2D eigenvalue weighted by molar-refractivity contribution is 6.32. The largest absolute Gasteiger partial charge is 0.493 e. The summed E-state index contributed by atoms with van der Waals surface area (Å²) in [7, 11) is 1.50. The number of rotatable bonds is 6. The topological polar surface area (TPSA) is 94.2 Å². The molecule has 0 unspecified atom stereocenters. The lowest BCUT2D eigenvalue weighted by Gasteiger charge is -2.12. The summed E-state index contributed by atoms with van der Waals surface area (Å²) in [6, 6.07) is 12.8. The molecule has 1 aliphatic rings. The smallest absolute Gasteiger partial charge is 0.280 e. The molecule has 0 saturated heterocycles. The van der Waals surface area contributed by atoms with Crippen LogP contribution >= 0.6 is 0 Å². The summed E-state index contributed by atoms with van der Waals surface area (Å²) in [5, 5.41) is 5.79. The number of carbonyl (C=O) groups is 2. The van der Waals surface area contributed by atoms with Gasteiger partial charge in [0.25, 0.3) is 11.8 Å². The minimum atomic E-state index is -0.576. The van der Waals surface area contributed by atoms with E-state index < -0.39 is 5.91 Å². The minimum absolute atomic E-state index is 0.198. The van der Waals surface area contributed by atoms with E-state index in [1.165, 1.54) is 12.1 Å². The highest BCUT2D eigenvalue weighted by Crippen LogP contribution is 2.30. The van der Waals surface area contributed by atoms with Crippen LogP contribution in [0.3, 0.4) is 0 Å². The summed E-state index contributed by atoms with van der Waals surface area (Å²) in [6.07, 6.45) is 1.75. The molecule has 0 atom stereocenters. The molecule has 2 aromatic rings.